The van der Waals surface area contributed by atoms with Crippen LogP contribution in [0, 0.1) is 0 Å². The Hall–Kier alpha value is -2.68. The van der Waals surface area contributed by atoms with Crippen molar-refractivity contribution < 1.29 is 14.7 Å². The largest absolute Gasteiger partial charge is 0.383 e. The first-order valence-electron chi connectivity index (χ1n) is 12.4. The second kappa shape index (κ2) is 12.5. The van der Waals surface area contributed by atoms with E-state index in [4.69, 9.17) is 0 Å². The van der Waals surface area contributed by atoms with Crippen LogP contribution in [0.25, 0.3) is 11.1 Å². The first-order valence-corrected chi connectivity index (χ1v) is 14.7. The molecule has 36 heavy (non-hydrogen) atoms. The third-order valence-corrected chi connectivity index (χ3v) is 8.29. The van der Waals surface area contributed by atoms with Crippen LogP contribution in [-0.2, 0) is 11.2 Å². The summed E-state index contributed by atoms with van der Waals surface area (Å²) in [7, 11) is 0. The summed E-state index contributed by atoms with van der Waals surface area (Å²) < 4.78 is 0. The molecule has 6 nitrogen and oxygen atoms in total. The molecular formula is C28H33N3O3S2. The van der Waals surface area contributed by atoms with Crippen LogP contribution < -0.4 is 5.32 Å². The van der Waals surface area contributed by atoms with E-state index in [-0.39, 0.29) is 17.7 Å². The van der Waals surface area contributed by atoms with Gasteiger partial charge in [-0.3, -0.25) is 9.59 Å². The number of aryl methyl sites for hydroxylation is 1. The van der Waals surface area contributed by atoms with Crippen LogP contribution in [0.2, 0.25) is 0 Å². The van der Waals surface area contributed by atoms with Gasteiger partial charge in [-0.2, -0.15) is 11.8 Å². The molecule has 0 saturated carbocycles. The van der Waals surface area contributed by atoms with Crippen LogP contribution in [0.15, 0.2) is 53.9 Å². The van der Waals surface area contributed by atoms with Crippen molar-refractivity contribution in [2.45, 2.75) is 44.6 Å². The van der Waals surface area contributed by atoms with Crippen molar-refractivity contribution in [2.24, 2.45) is 0 Å². The molecular weight excluding hydrogens is 490 g/mol. The van der Waals surface area contributed by atoms with E-state index in [2.05, 4.69) is 41.5 Å². The van der Waals surface area contributed by atoms with Crippen molar-refractivity contribution in [1.82, 2.24) is 9.88 Å². The minimum atomic E-state index is -0.920. The first-order chi connectivity index (χ1) is 17.5. The Morgan fingerprint density at radius 1 is 1.17 bits per heavy atom. The average Bonchev–Trinajstić information content (AvgIpc) is 3.42. The van der Waals surface area contributed by atoms with Gasteiger partial charge in [0.1, 0.15) is 11.8 Å². The smallest absolute Gasteiger partial charge is 0.275 e. The summed E-state index contributed by atoms with van der Waals surface area (Å²) in [5.74, 6) is 0.584. The molecule has 8 heteroatoms. The van der Waals surface area contributed by atoms with Gasteiger partial charge in [-0.15, -0.1) is 11.3 Å². The normalized spacial score (nSPS) is 15.0. The van der Waals surface area contributed by atoms with Crippen LogP contribution >= 0.6 is 23.1 Å². The van der Waals surface area contributed by atoms with E-state index in [1.54, 1.807) is 16.7 Å². The van der Waals surface area contributed by atoms with Crippen molar-refractivity contribution in [3.8, 4) is 11.1 Å². The van der Waals surface area contributed by atoms with Crippen molar-refractivity contribution >= 4 is 40.6 Å². The fourth-order valence-corrected chi connectivity index (χ4v) is 5.87. The molecule has 4 rings (SSSR count). The molecule has 1 unspecified atom stereocenters. The van der Waals surface area contributed by atoms with E-state index in [1.807, 2.05) is 35.9 Å². The predicted octanol–water partition coefficient (Wildman–Crippen LogP) is 5.44. The summed E-state index contributed by atoms with van der Waals surface area (Å²) in [6.45, 7) is 3.34. The number of nitrogens with one attached hydrogen (secondary N) is 1. The number of aliphatic hydroxyl groups is 1. The van der Waals surface area contributed by atoms with E-state index in [1.165, 1.54) is 16.9 Å². The summed E-state index contributed by atoms with van der Waals surface area (Å²) in [6.07, 6.45) is 4.09. The van der Waals surface area contributed by atoms with Gasteiger partial charge >= 0.3 is 0 Å². The Balaban J connectivity index is 1.37. The minimum Gasteiger partial charge on any atom is -0.383 e. The monoisotopic (exact) mass is 523 g/mol. The number of rotatable bonds is 9. The highest BCUT2D eigenvalue weighted by Gasteiger charge is 2.29. The van der Waals surface area contributed by atoms with Crippen molar-refractivity contribution in [3.05, 3.63) is 70.2 Å². The molecule has 0 aliphatic carbocycles. The number of thiazole rings is 1. The number of aromatic nitrogens is 1. The molecule has 2 N–H and O–H groups in total. The third kappa shape index (κ3) is 6.35. The minimum absolute atomic E-state index is 0.176. The molecule has 190 valence electrons. The van der Waals surface area contributed by atoms with Crippen LogP contribution in [0.1, 0.15) is 53.2 Å². The van der Waals surface area contributed by atoms with Crippen molar-refractivity contribution in [2.75, 3.05) is 30.4 Å². The van der Waals surface area contributed by atoms with E-state index < -0.39 is 6.10 Å². The lowest BCUT2D eigenvalue weighted by molar-refractivity contribution is -0.141. The van der Waals surface area contributed by atoms with Crippen LogP contribution in [0.3, 0.4) is 0 Å². The van der Waals surface area contributed by atoms with Gasteiger partial charge in [0.2, 0.25) is 0 Å². The molecule has 1 fully saturated rings. The zero-order valence-corrected chi connectivity index (χ0v) is 22.4. The van der Waals surface area contributed by atoms with Crippen LogP contribution in [0.4, 0.5) is 5.69 Å². The number of anilines is 1. The van der Waals surface area contributed by atoms with E-state index >= 15 is 0 Å². The number of hydrogen-bond acceptors (Lipinski definition) is 6. The molecule has 2 heterocycles. The Morgan fingerprint density at radius 2 is 1.89 bits per heavy atom. The number of aliphatic hydroxyl groups excluding tert-OH is 1. The van der Waals surface area contributed by atoms with Gasteiger partial charge in [-0.25, -0.2) is 4.98 Å². The summed E-state index contributed by atoms with van der Waals surface area (Å²) >= 11 is 3.13. The first kappa shape index (κ1) is 26.4. The number of thioether (sulfide) groups is 1. The number of carbonyl (C=O) groups is 2. The lowest BCUT2D eigenvalue weighted by Gasteiger charge is -2.32. The average molecular weight is 524 g/mol. The second-order valence-corrected chi connectivity index (χ2v) is 10.9. The summed E-state index contributed by atoms with van der Waals surface area (Å²) in [5.41, 5.74) is 4.48. The number of benzene rings is 2. The fourth-order valence-electron chi connectivity index (χ4n) is 4.44. The van der Waals surface area contributed by atoms with Crippen LogP contribution in [-0.4, -0.2) is 58.0 Å². The second-order valence-electron chi connectivity index (χ2n) is 9.02. The molecule has 3 aromatic rings. The zero-order valence-electron chi connectivity index (χ0n) is 20.8. The van der Waals surface area contributed by atoms with E-state index in [9.17, 15) is 14.7 Å². The van der Waals surface area contributed by atoms with Crippen molar-refractivity contribution in [3.63, 3.8) is 0 Å². The molecule has 1 atom stereocenters. The van der Waals surface area contributed by atoms with Crippen LogP contribution in [0.5, 0.6) is 0 Å². The predicted molar refractivity (Wildman–Crippen MR) is 149 cm³/mol. The summed E-state index contributed by atoms with van der Waals surface area (Å²) in [5, 5.41) is 15.9. The zero-order chi connectivity index (χ0) is 25.5. The molecule has 1 saturated heterocycles. The van der Waals surface area contributed by atoms with E-state index in [0.717, 1.165) is 46.8 Å². The molecule has 2 aromatic carbocycles. The number of amides is 2. The van der Waals surface area contributed by atoms with Gasteiger partial charge in [-0.05, 0) is 54.9 Å². The highest BCUT2D eigenvalue weighted by atomic mass is 32.2. The molecule has 2 amide bonds. The Morgan fingerprint density at radius 3 is 2.58 bits per heavy atom. The third-order valence-electron chi connectivity index (χ3n) is 6.64. The number of nitrogens with zero attached hydrogens (tertiary/aromatic N) is 2. The lowest BCUT2D eigenvalue weighted by atomic mass is 9.97. The van der Waals surface area contributed by atoms with Gasteiger partial charge in [0.15, 0.2) is 0 Å². The SMILES string of the molecule is CCc1ccc(-c2ccccc2NC(=O)c2csc(C3CCN(C(=O)C(O)CCSC)CC3)n2)cc1. The number of para-hydroxylation sites is 1. The molecule has 1 aliphatic heterocycles. The lowest BCUT2D eigenvalue weighted by Crippen LogP contribution is -2.43. The maximum atomic E-state index is 13.0. The highest BCUT2D eigenvalue weighted by Crippen LogP contribution is 2.32. The number of piperidine rings is 1. The van der Waals surface area contributed by atoms with E-state index in [0.29, 0.717) is 25.2 Å². The maximum absolute atomic E-state index is 13.0. The Labute approximate surface area is 221 Å². The number of carbonyl (C=O) groups excluding carboxylic acids is 2. The van der Waals surface area contributed by atoms with Gasteiger partial charge in [-0.1, -0.05) is 49.4 Å². The molecule has 0 spiro atoms. The molecule has 0 radical (unpaired) electrons. The molecule has 1 aliphatic rings. The highest BCUT2D eigenvalue weighted by molar-refractivity contribution is 7.98. The van der Waals surface area contributed by atoms with Gasteiger partial charge in [0, 0.05) is 35.6 Å². The van der Waals surface area contributed by atoms with Gasteiger partial charge < -0.3 is 15.3 Å². The maximum Gasteiger partial charge on any atom is 0.275 e. The molecule has 0 bridgehead atoms. The number of hydrogen-bond donors (Lipinski definition) is 2. The fraction of sp³-hybridized carbons (Fsp3) is 0.393. The van der Waals surface area contributed by atoms with Gasteiger partial charge in [0.05, 0.1) is 5.01 Å². The van der Waals surface area contributed by atoms with Gasteiger partial charge in [0.25, 0.3) is 11.8 Å². The quantitative estimate of drug-likeness (QED) is 0.390. The summed E-state index contributed by atoms with van der Waals surface area (Å²) in [4.78, 5) is 31.9. The molecule has 1 aromatic heterocycles. The number of likely N-dealkylation sites (tertiary alicyclic amines) is 1. The standard InChI is InChI=1S/C28H33N3O3S2/c1-3-19-8-10-20(11-9-19)22-6-4-5-7-23(22)29-26(33)24-18-36-27(30-24)21-12-15-31(16-13-21)28(34)25(32)14-17-35-2/h4-11,18,21,25,32H,3,12-17H2,1-2H3,(H,29,33). The van der Waals surface area contributed by atoms with Crippen molar-refractivity contribution in [1.29, 1.82) is 0 Å². The summed E-state index contributed by atoms with van der Waals surface area (Å²) in [6, 6.07) is 16.2. The Bertz CT molecular complexity index is 1170. The topological polar surface area (TPSA) is 82.5 Å². The Kier molecular flexibility index (Phi) is 9.18.